The summed E-state index contributed by atoms with van der Waals surface area (Å²) in [6.07, 6.45) is 0. The van der Waals surface area contributed by atoms with Gasteiger partial charge in [-0.25, -0.2) is 9.97 Å². The van der Waals surface area contributed by atoms with E-state index in [2.05, 4.69) is 41.4 Å². The van der Waals surface area contributed by atoms with E-state index >= 15 is 0 Å². The van der Waals surface area contributed by atoms with Crippen molar-refractivity contribution in [2.75, 3.05) is 33.5 Å². The molecule has 0 aliphatic rings. The number of aromatic nitrogens is 2. The number of fused-ring (bicyclic) bond motifs is 3. The van der Waals surface area contributed by atoms with Crippen LogP contribution in [0.15, 0.2) is 60.7 Å². The summed E-state index contributed by atoms with van der Waals surface area (Å²) in [5.74, 6) is 0.540. The first-order valence-electron chi connectivity index (χ1n) is 9.73. The number of hydrogen-bond donors (Lipinski definition) is 0. The summed E-state index contributed by atoms with van der Waals surface area (Å²) in [4.78, 5) is 9.61. The molecule has 0 unspecified atom stereocenters. The Labute approximate surface area is 170 Å². The van der Waals surface area contributed by atoms with Crippen LogP contribution in [-0.4, -0.2) is 43.5 Å². The minimum Gasteiger partial charge on any atom is -0.474 e. The van der Waals surface area contributed by atoms with Gasteiger partial charge in [0.25, 0.3) is 0 Å². The van der Waals surface area contributed by atoms with Gasteiger partial charge in [-0.05, 0) is 18.4 Å². The van der Waals surface area contributed by atoms with Gasteiger partial charge < -0.3 is 14.2 Å². The highest BCUT2D eigenvalue weighted by atomic mass is 16.5. The SMILES string of the molecule is COCCOCCOc1nc(C)cc2c1nc(-c1ccccc1)c1ccccc12. The summed E-state index contributed by atoms with van der Waals surface area (Å²) >= 11 is 0. The zero-order chi connectivity index (χ0) is 20.1. The molecular formula is C24H24N2O3. The predicted octanol–water partition coefficient (Wildman–Crippen LogP) is 4.80. The Bertz CT molecular complexity index is 1110. The zero-order valence-corrected chi connectivity index (χ0v) is 16.7. The summed E-state index contributed by atoms with van der Waals surface area (Å²) in [6.45, 7) is 3.97. The van der Waals surface area contributed by atoms with Gasteiger partial charge in [0.15, 0.2) is 0 Å². The summed E-state index contributed by atoms with van der Waals surface area (Å²) in [6, 6.07) is 20.6. The molecular weight excluding hydrogens is 364 g/mol. The lowest BCUT2D eigenvalue weighted by molar-refractivity contribution is 0.0539. The normalized spacial score (nSPS) is 11.2. The molecule has 2 aromatic heterocycles. The third-order valence-electron chi connectivity index (χ3n) is 4.73. The predicted molar refractivity (Wildman–Crippen MR) is 115 cm³/mol. The first-order valence-corrected chi connectivity index (χ1v) is 9.73. The number of benzene rings is 2. The number of aryl methyl sites for hydroxylation is 1. The minimum atomic E-state index is 0.407. The molecule has 0 bridgehead atoms. The number of methoxy groups -OCH3 is 1. The van der Waals surface area contributed by atoms with Crippen LogP contribution in [0.25, 0.3) is 32.9 Å². The van der Waals surface area contributed by atoms with Crippen molar-refractivity contribution in [1.82, 2.24) is 9.97 Å². The maximum absolute atomic E-state index is 5.98. The van der Waals surface area contributed by atoms with E-state index in [1.165, 1.54) is 0 Å². The zero-order valence-electron chi connectivity index (χ0n) is 16.7. The molecule has 0 atom stereocenters. The second kappa shape index (κ2) is 8.99. The summed E-state index contributed by atoms with van der Waals surface area (Å²) < 4.78 is 16.5. The maximum Gasteiger partial charge on any atom is 0.240 e. The Morgan fingerprint density at radius 1 is 0.759 bits per heavy atom. The second-order valence-corrected chi connectivity index (χ2v) is 6.79. The molecule has 29 heavy (non-hydrogen) atoms. The van der Waals surface area contributed by atoms with Crippen LogP contribution in [0.3, 0.4) is 0 Å². The molecule has 0 saturated heterocycles. The van der Waals surface area contributed by atoms with E-state index in [9.17, 15) is 0 Å². The van der Waals surface area contributed by atoms with Crippen molar-refractivity contribution in [3.63, 3.8) is 0 Å². The molecule has 0 N–H and O–H groups in total. The number of rotatable bonds is 8. The number of hydrogen-bond acceptors (Lipinski definition) is 5. The molecule has 0 aliphatic carbocycles. The van der Waals surface area contributed by atoms with Gasteiger partial charge in [0, 0.05) is 29.1 Å². The molecule has 2 aromatic carbocycles. The number of pyridine rings is 2. The van der Waals surface area contributed by atoms with E-state index in [1.807, 2.05) is 31.2 Å². The van der Waals surface area contributed by atoms with Gasteiger partial charge >= 0.3 is 0 Å². The van der Waals surface area contributed by atoms with Gasteiger partial charge in [0.05, 0.1) is 25.5 Å². The van der Waals surface area contributed by atoms with Crippen molar-refractivity contribution in [1.29, 1.82) is 0 Å². The molecule has 4 aromatic rings. The van der Waals surface area contributed by atoms with Crippen molar-refractivity contribution < 1.29 is 14.2 Å². The molecule has 4 rings (SSSR count). The van der Waals surface area contributed by atoms with Gasteiger partial charge in [0.2, 0.25) is 5.88 Å². The highest BCUT2D eigenvalue weighted by Crippen LogP contribution is 2.35. The van der Waals surface area contributed by atoms with Crippen LogP contribution in [0.5, 0.6) is 5.88 Å². The van der Waals surface area contributed by atoms with Gasteiger partial charge in [-0.2, -0.15) is 0 Å². The van der Waals surface area contributed by atoms with Crippen molar-refractivity contribution in [3.05, 3.63) is 66.4 Å². The molecule has 0 radical (unpaired) electrons. The fourth-order valence-corrected chi connectivity index (χ4v) is 3.41. The molecule has 5 heteroatoms. The van der Waals surface area contributed by atoms with Crippen LogP contribution in [0.2, 0.25) is 0 Å². The lowest BCUT2D eigenvalue weighted by Gasteiger charge is -2.14. The number of ether oxygens (including phenoxy) is 3. The Morgan fingerprint density at radius 3 is 2.28 bits per heavy atom. The smallest absolute Gasteiger partial charge is 0.240 e. The maximum atomic E-state index is 5.98. The molecule has 148 valence electrons. The first kappa shape index (κ1) is 19.3. The summed E-state index contributed by atoms with van der Waals surface area (Å²) in [5, 5.41) is 3.30. The van der Waals surface area contributed by atoms with Gasteiger partial charge in [-0.3, -0.25) is 0 Å². The standard InChI is InChI=1S/C24H24N2O3/c1-17-16-21-19-10-6-7-11-20(19)22(18-8-4-3-5-9-18)26-23(21)24(25-17)29-15-14-28-13-12-27-2/h3-11,16H,12-15H2,1-2H3. The average molecular weight is 388 g/mol. The molecule has 0 saturated carbocycles. The van der Waals surface area contributed by atoms with Crippen LogP contribution in [0, 0.1) is 6.92 Å². The molecule has 0 aliphatic heterocycles. The van der Waals surface area contributed by atoms with Crippen LogP contribution >= 0.6 is 0 Å². The minimum absolute atomic E-state index is 0.407. The van der Waals surface area contributed by atoms with Gasteiger partial charge in [-0.15, -0.1) is 0 Å². The topological polar surface area (TPSA) is 53.5 Å². The van der Waals surface area contributed by atoms with E-state index in [1.54, 1.807) is 7.11 Å². The van der Waals surface area contributed by atoms with Crippen molar-refractivity contribution in [2.45, 2.75) is 6.92 Å². The quantitative estimate of drug-likeness (QED) is 0.321. The van der Waals surface area contributed by atoms with E-state index in [-0.39, 0.29) is 0 Å². The summed E-state index contributed by atoms with van der Waals surface area (Å²) in [7, 11) is 1.66. The largest absolute Gasteiger partial charge is 0.474 e. The molecule has 5 nitrogen and oxygen atoms in total. The third-order valence-corrected chi connectivity index (χ3v) is 4.73. The highest BCUT2D eigenvalue weighted by Gasteiger charge is 2.15. The average Bonchev–Trinajstić information content (AvgIpc) is 2.76. The fraction of sp³-hybridized carbons (Fsp3) is 0.250. The Hall–Kier alpha value is -3.02. The van der Waals surface area contributed by atoms with Crippen LogP contribution in [0.1, 0.15) is 5.69 Å². The number of nitrogens with zero attached hydrogens (tertiary/aromatic N) is 2. The van der Waals surface area contributed by atoms with Crippen LogP contribution < -0.4 is 4.74 Å². The Morgan fingerprint density at radius 2 is 1.48 bits per heavy atom. The van der Waals surface area contributed by atoms with Gasteiger partial charge in [-0.1, -0.05) is 54.6 Å². The monoisotopic (exact) mass is 388 g/mol. The fourth-order valence-electron chi connectivity index (χ4n) is 3.41. The molecule has 2 heterocycles. The summed E-state index contributed by atoms with van der Waals surface area (Å²) in [5.41, 5.74) is 3.66. The second-order valence-electron chi connectivity index (χ2n) is 6.79. The lowest BCUT2D eigenvalue weighted by Crippen LogP contribution is -2.11. The van der Waals surface area contributed by atoms with E-state index in [0.717, 1.165) is 38.6 Å². The first-order chi connectivity index (χ1) is 14.3. The lowest BCUT2D eigenvalue weighted by atomic mass is 10.0. The third kappa shape index (κ3) is 4.21. The van der Waals surface area contributed by atoms with Gasteiger partial charge in [0.1, 0.15) is 12.1 Å². The van der Waals surface area contributed by atoms with Crippen molar-refractivity contribution in [3.8, 4) is 17.1 Å². The van der Waals surface area contributed by atoms with Crippen LogP contribution in [0.4, 0.5) is 0 Å². The molecule has 0 amide bonds. The van der Waals surface area contributed by atoms with Crippen molar-refractivity contribution >= 4 is 21.7 Å². The van der Waals surface area contributed by atoms with Crippen LogP contribution in [-0.2, 0) is 9.47 Å². The van der Waals surface area contributed by atoms with E-state index in [4.69, 9.17) is 19.2 Å². The van der Waals surface area contributed by atoms with Crippen molar-refractivity contribution in [2.24, 2.45) is 0 Å². The Balaban J connectivity index is 1.78. The van der Waals surface area contributed by atoms with E-state index in [0.29, 0.717) is 32.3 Å². The molecule has 0 fully saturated rings. The Kier molecular flexibility index (Phi) is 5.98. The van der Waals surface area contributed by atoms with E-state index < -0.39 is 0 Å². The molecule has 0 spiro atoms. The highest BCUT2D eigenvalue weighted by molar-refractivity contribution is 6.11.